The summed E-state index contributed by atoms with van der Waals surface area (Å²) in [5.74, 6) is -4.49. The van der Waals surface area contributed by atoms with Crippen molar-refractivity contribution in [2.75, 3.05) is 13.1 Å². The van der Waals surface area contributed by atoms with Gasteiger partial charge in [-0.1, -0.05) is 0 Å². The molecule has 0 aromatic carbocycles. The summed E-state index contributed by atoms with van der Waals surface area (Å²) in [6.07, 6.45) is 0.740. The zero-order valence-corrected chi connectivity index (χ0v) is 14.6. The highest BCUT2D eigenvalue weighted by atomic mass is 32.2. The third-order valence-electron chi connectivity index (χ3n) is 3.32. The molecule has 152 valence electrons. The van der Waals surface area contributed by atoms with Gasteiger partial charge in [0.25, 0.3) is 5.91 Å². The number of rotatable bonds is 6. The van der Waals surface area contributed by atoms with E-state index in [0.29, 0.717) is 11.0 Å². The lowest BCUT2D eigenvalue weighted by Gasteiger charge is -2.33. The maximum atomic E-state index is 12.3. The summed E-state index contributed by atoms with van der Waals surface area (Å²) < 4.78 is 25.4. The fourth-order valence-corrected chi connectivity index (χ4v) is 2.81. The molecular weight excluding hydrogens is 404 g/mol. The number of imide groups is 1. The van der Waals surface area contributed by atoms with Gasteiger partial charge in [0.05, 0.1) is 6.54 Å². The molecule has 2 heterocycles. The fraction of sp³-hybridized carbons (Fsp3) is 0.250. The van der Waals surface area contributed by atoms with Gasteiger partial charge in [-0.25, -0.2) is 14.5 Å². The Hall–Kier alpha value is -3.50. The Labute approximate surface area is 155 Å². The number of hydrogen-bond donors (Lipinski definition) is 6. The first-order chi connectivity index (χ1) is 12.9. The van der Waals surface area contributed by atoms with E-state index in [0.717, 1.165) is 6.20 Å². The number of aromatic nitrogens is 1. The maximum absolute atomic E-state index is 12.3. The van der Waals surface area contributed by atoms with Gasteiger partial charge in [0.1, 0.15) is 18.3 Å². The molecular formula is C12H14N6O9S. The van der Waals surface area contributed by atoms with E-state index in [2.05, 4.69) is 4.98 Å². The second kappa shape index (κ2) is 7.62. The zero-order valence-electron chi connectivity index (χ0n) is 13.8. The van der Waals surface area contributed by atoms with Crippen molar-refractivity contribution in [2.24, 2.45) is 5.73 Å². The van der Waals surface area contributed by atoms with Crippen LogP contribution in [0.1, 0.15) is 10.5 Å². The van der Waals surface area contributed by atoms with E-state index in [1.54, 1.807) is 0 Å². The Kier molecular flexibility index (Phi) is 5.67. The normalized spacial score (nSPS) is 16.2. The molecule has 1 aliphatic rings. The van der Waals surface area contributed by atoms with Crippen LogP contribution >= 0.6 is 0 Å². The number of carboxylic acids is 1. The highest BCUT2D eigenvalue weighted by Crippen LogP contribution is 2.08. The van der Waals surface area contributed by atoms with E-state index < -0.39 is 63.5 Å². The number of hydrazine groups is 1. The second-order valence-corrected chi connectivity index (χ2v) is 6.83. The molecule has 0 saturated carbocycles. The molecule has 0 radical (unpaired) electrons. The third-order valence-corrected chi connectivity index (χ3v) is 4.22. The maximum Gasteiger partial charge on any atom is 0.338 e. The molecule has 16 heteroatoms. The number of carbonyl (C=O) groups excluding carboxylic acids is 3. The second-order valence-electron chi connectivity index (χ2n) is 5.44. The molecule has 7 N–H and O–H groups in total. The van der Waals surface area contributed by atoms with E-state index in [4.69, 9.17) is 15.9 Å². The number of amides is 4. The van der Waals surface area contributed by atoms with Crippen LogP contribution in [0.4, 0.5) is 4.79 Å². The number of H-pyrrole nitrogens is 1. The van der Waals surface area contributed by atoms with Crippen LogP contribution in [-0.4, -0.2) is 76.5 Å². The van der Waals surface area contributed by atoms with Crippen molar-refractivity contribution in [3.8, 4) is 5.75 Å². The molecule has 1 aromatic heterocycles. The average Bonchev–Trinajstić information content (AvgIpc) is 2.59. The first kappa shape index (κ1) is 20.8. The van der Waals surface area contributed by atoms with E-state index in [1.807, 2.05) is 0 Å². The predicted molar refractivity (Wildman–Crippen MR) is 87.7 cm³/mol. The number of pyridine rings is 1. The van der Waals surface area contributed by atoms with Crippen LogP contribution < -0.4 is 20.7 Å². The largest absolute Gasteiger partial charge is 0.503 e. The minimum absolute atomic E-state index is 0.0733. The summed E-state index contributed by atoms with van der Waals surface area (Å²) in [5, 5.41) is 18.1. The summed E-state index contributed by atoms with van der Waals surface area (Å²) in [6.45, 7) is -1.42. The Balaban J connectivity index is 2.18. The fourth-order valence-electron chi connectivity index (χ4n) is 1.99. The van der Waals surface area contributed by atoms with Gasteiger partial charge in [-0.15, -0.1) is 4.83 Å². The smallest absolute Gasteiger partial charge is 0.338 e. The molecule has 4 amide bonds. The number of urea groups is 1. The summed E-state index contributed by atoms with van der Waals surface area (Å²) in [6, 6.07) is -1.70. The standard InChI is InChI=1S/C12H14N6O9S/c13-5-3-17(10(5)23)12(25)15-28(26,27)16-18(4-9(21)22)11(24)6-1-7(19)8(20)2-14-6/h1-2,5,16,20H,3-4,13H2,(H,14,19)(H,15,25)(H,21,22). The van der Waals surface area contributed by atoms with Crippen molar-refractivity contribution in [1.82, 2.24) is 24.4 Å². The number of carbonyl (C=O) groups is 4. The number of likely N-dealkylation sites (tertiary alicyclic amines) is 1. The van der Waals surface area contributed by atoms with Gasteiger partial charge in [-0.05, 0) is 0 Å². The number of nitrogens with one attached hydrogen (secondary N) is 3. The molecule has 0 bridgehead atoms. The van der Waals surface area contributed by atoms with Crippen molar-refractivity contribution in [2.45, 2.75) is 6.04 Å². The lowest BCUT2D eigenvalue weighted by Crippen LogP contribution is -2.66. The summed E-state index contributed by atoms with van der Waals surface area (Å²) in [7, 11) is -4.84. The lowest BCUT2D eigenvalue weighted by atomic mass is 10.1. The molecule has 1 aliphatic heterocycles. The molecule has 15 nitrogen and oxygen atoms in total. The molecule has 0 aliphatic carbocycles. The van der Waals surface area contributed by atoms with Crippen LogP contribution in [-0.2, 0) is 19.8 Å². The van der Waals surface area contributed by atoms with Crippen molar-refractivity contribution in [3.63, 3.8) is 0 Å². The minimum Gasteiger partial charge on any atom is -0.503 e. The quantitative estimate of drug-likeness (QED) is 0.195. The molecule has 2 rings (SSSR count). The number of hydrogen-bond acceptors (Lipinski definition) is 9. The van der Waals surface area contributed by atoms with Gasteiger partial charge in [-0.3, -0.25) is 24.1 Å². The van der Waals surface area contributed by atoms with Crippen LogP contribution in [0, 0.1) is 0 Å². The molecule has 0 spiro atoms. The van der Waals surface area contributed by atoms with Gasteiger partial charge >= 0.3 is 22.2 Å². The summed E-state index contributed by atoms with van der Waals surface area (Å²) in [4.78, 5) is 61.9. The van der Waals surface area contributed by atoms with Crippen LogP contribution in [0.2, 0.25) is 0 Å². The number of nitrogens with two attached hydrogens (primary N) is 1. The SMILES string of the molecule is NC1CN(C(=O)NS(=O)(=O)NN(CC(=O)O)C(=O)c2cc(=O)c(O)c[nH]2)C1=O. The molecule has 1 aromatic rings. The van der Waals surface area contributed by atoms with E-state index in [-0.39, 0.29) is 11.6 Å². The van der Waals surface area contributed by atoms with Crippen molar-refractivity contribution < 1.29 is 37.8 Å². The third kappa shape index (κ3) is 4.61. The molecule has 1 saturated heterocycles. The number of aliphatic carboxylic acids is 1. The first-order valence-corrected chi connectivity index (χ1v) is 8.76. The molecule has 1 atom stereocenters. The van der Waals surface area contributed by atoms with Gasteiger partial charge in [0.2, 0.25) is 11.3 Å². The van der Waals surface area contributed by atoms with Crippen molar-refractivity contribution in [1.29, 1.82) is 0 Å². The van der Waals surface area contributed by atoms with E-state index >= 15 is 0 Å². The molecule has 1 fully saturated rings. The summed E-state index contributed by atoms with van der Waals surface area (Å²) in [5.41, 5.74) is 3.74. The monoisotopic (exact) mass is 418 g/mol. The van der Waals surface area contributed by atoms with Gasteiger partial charge in [-0.2, -0.15) is 8.42 Å². The van der Waals surface area contributed by atoms with Gasteiger partial charge < -0.3 is 20.9 Å². The molecule has 28 heavy (non-hydrogen) atoms. The van der Waals surface area contributed by atoms with Gasteiger partial charge in [0.15, 0.2) is 5.75 Å². The van der Waals surface area contributed by atoms with E-state index in [1.165, 1.54) is 9.55 Å². The topological polar surface area (TPSA) is 232 Å². The minimum atomic E-state index is -4.84. The Morgan fingerprint density at radius 3 is 2.50 bits per heavy atom. The van der Waals surface area contributed by atoms with Crippen LogP contribution in [0.25, 0.3) is 0 Å². The Bertz CT molecular complexity index is 1000. The van der Waals surface area contributed by atoms with Gasteiger partial charge in [0, 0.05) is 12.3 Å². The summed E-state index contributed by atoms with van der Waals surface area (Å²) >= 11 is 0. The average molecular weight is 418 g/mol. The number of β-lactam (4-membered cyclic amide) rings is 1. The van der Waals surface area contributed by atoms with E-state index in [9.17, 15) is 32.4 Å². The highest BCUT2D eigenvalue weighted by molar-refractivity contribution is 7.88. The number of nitrogens with zero attached hydrogens (tertiary/aromatic N) is 2. The number of aromatic amines is 1. The predicted octanol–water partition coefficient (Wildman–Crippen LogP) is -3.76. The molecule has 1 unspecified atom stereocenters. The zero-order chi connectivity index (χ0) is 21.2. The van der Waals surface area contributed by atoms with Crippen LogP contribution in [0.15, 0.2) is 17.1 Å². The Morgan fingerprint density at radius 1 is 1.36 bits per heavy atom. The highest BCUT2D eigenvalue weighted by Gasteiger charge is 2.40. The lowest BCUT2D eigenvalue weighted by molar-refractivity contribution is -0.138. The number of aromatic hydroxyl groups is 1. The van der Waals surface area contributed by atoms with Crippen LogP contribution in [0.3, 0.4) is 0 Å². The number of carboxylic acid groups (broad SMARTS) is 1. The van der Waals surface area contributed by atoms with Crippen molar-refractivity contribution >= 4 is 34.0 Å². The van der Waals surface area contributed by atoms with Crippen LogP contribution in [0.5, 0.6) is 5.75 Å². The first-order valence-electron chi connectivity index (χ1n) is 7.27. The Morgan fingerprint density at radius 2 is 2.00 bits per heavy atom. The van der Waals surface area contributed by atoms with Crippen molar-refractivity contribution in [3.05, 3.63) is 28.2 Å².